The summed E-state index contributed by atoms with van der Waals surface area (Å²) >= 11 is 0. The van der Waals surface area contributed by atoms with Gasteiger partial charge in [0.05, 0.1) is 17.7 Å². The van der Waals surface area contributed by atoms with E-state index in [4.69, 9.17) is 9.66 Å². The van der Waals surface area contributed by atoms with Crippen LogP contribution >= 0.6 is 0 Å². The van der Waals surface area contributed by atoms with Gasteiger partial charge in [-0.25, -0.2) is 9.59 Å². The van der Waals surface area contributed by atoms with Gasteiger partial charge in [0, 0.05) is 0 Å². The number of aromatic carboxylic acids is 1. The van der Waals surface area contributed by atoms with E-state index in [1.807, 2.05) is 0 Å². The van der Waals surface area contributed by atoms with Crippen molar-refractivity contribution in [2.45, 2.75) is 11.8 Å². The fraction of sp³-hybridized carbons (Fsp3) is 0.200. The first-order valence-electron chi connectivity index (χ1n) is 4.80. The SMILES string of the molecule is CCOC(=O)c1cccc(C(=O)O)c1S(=O)(=O)O.[LiH]. The van der Waals surface area contributed by atoms with Gasteiger partial charge < -0.3 is 9.84 Å². The van der Waals surface area contributed by atoms with Crippen LogP contribution in [0.5, 0.6) is 0 Å². The minimum atomic E-state index is -4.85. The standard InChI is InChI=1S/C10H10O7S.Li.H/c1-2-17-10(13)7-5-3-4-6(9(11)12)8(7)18(14,15)16;;/h3-5H,2H2,1H3,(H,11,12)(H,14,15,16);;. The molecule has 0 spiro atoms. The molecule has 0 bridgehead atoms. The van der Waals surface area contributed by atoms with Crippen LogP contribution in [0.4, 0.5) is 0 Å². The Morgan fingerprint density at radius 3 is 2.21 bits per heavy atom. The fourth-order valence-electron chi connectivity index (χ4n) is 1.35. The average Bonchev–Trinajstić information content (AvgIpc) is 2.27. The summed E-state index contributed by atoms with van der Waals surface area (Å²) in [5, 5.41) is 8.84. The quantitative estimate of drug-likeness (QED) is 0.458. The molecule has 0 amide bonds. The Kier molecular flexibility index (Phi) is 6.25. The average molecular weight is 282 g/mol. The van der Waals surface area contributed by atoms with Crippen molar-refractivity contribution in [3.63, 3.8) is 0 Å². The van der Waals surface area contributed by atoms with Crippen molar-refractivity contribution in [2.24, 2.45) is 0 Å². The molecule has 19 heavy (non-hydrogen) atoms. The molecule has 0 aliphatic rings. The number of hydrogen-bond acceptors (Lipinski definition) is 5. The summed E-state index contributed by atoms with van der Waals surface area (Å²) in [5.74, 6) is -2.60. The zero-order valence-electron chi connectivity index (χ0n) is 9.28. The summed E-state index contributed by atoms with van der Waals surface area (Å²) in [6, 6.07) is 3.21. The van der Waals surface area contributed by atoms with Gasteiger partial charge in [-0.15, -0.1) is 0 Å². The molecule has 0 radical (unpaired) electrons. The molecule has 7 nitrogen and oxygen atoms in total. The number of carboxylic acid groups (broad SMARTS) is 1. The molecule has 0 aromatic heterocycles. The van der Waals surface area contributed by atoms with E-state index in [9.17, 15) is 18.0 Å². The van der Waals surface area contributed by atoms with Gasteiger partial charge >= 0.3 is 30.8 Å². The van der Waals surface area contributed by atoms with Crippen LogP contribution < -0.4 is 0 Å². The molecular weight excluding hydrogens is 271 g/mol. The fourth-order valence-corrected chi connectivity index (χ4v) is 2.22. The number of carbonyl (C=O) groups is 2. The maximum atomic E-state index is 11.5. The Bertz CT molecular complexity index is 594. The van der Waals surface area contributed by atoms with Gasteiger partial charge in [0.15, 0.2) is 0 Å². The van der Waals surface area contributed by atoms with E-state index in [1.165, 1.54) is 13.0 Å². The van der Waals surface area contributed by atoms with Crippen LogP contribution in [0.15, 0.2) is 23.1 Å². The molecule has 100 valence electrons. The van der Waals surface area contributed by atoms with Crippen LogP contribution in [0, 0.1) is 0 Å². The molecule has 0 fully saturated rings. The Morgan fingerprint density at radius 2 is 1.79 bits per heavy atom. The predicted octanol–water partition coefficient (Wildman–Crippen LogP) is 0.160. The van der Waals surface area contributed by atoms with E-state index in [-0.39, 0.29) is 25.5 Å². The second kappa shape index (κ2) is 6.72. The Morgan fingerprint density at radius 1 is 1.26 bits per heavy atom. The molecule has 1 aromatic carbocycles. The third-order valence-corrected chi connectivity index (χ3v) is 2.95. The summed E-state index contributed by atoms with van der Waals surface area (Å²) in [6.07, 6.45) is 0. The van der Waals surface area contributed by atoms with Gasteiger partial charge in [0.1, 0.15) is 4.90 Å². The third kappa shape index (κ3) is 4.07. The molecule has 9 heteroatoms. The van der Waals surface area contributed by atoms with Crippen LogP contribution in [-0.2, 0) is 14.9 Å². The zero-order valence-corrected chi connectivity index (χ0v) is 10.1. The number of rotatable bonds is 4. The van der Waals surface area contributed by atoms with E-state index in [1.54, 1.807) is 0 Å². The number of ether oxygens (including phenoxy) is 1. The molecular formula is C10H11LiO7S. The summed E-state index contributed by atoms with van der Waals surface area (Å²) in [5.41, 5.74) is -1.21. The van der Waals surface area contributed by atoms with Crippen LogP contribution in [0.25, 0.3) is 0 Å². The van der Waals surface area contributed by atoms with Crippen LogP contribution in [0.1, 0.15) is 27.6 Å². The van der Waals surface area contributed by atoms with E-state index < -0.39 is 38.1 Å². The number of carbonyl (C=O) groups excluding carboxylic acids is 1. The van der Waals surface area contributed by atoms with Crippen molar-refractivity contribution < 1.29 is 32.4 Å². The number of benzene rings is 1. The van der Waals surface area contributed by atoms with Crippen molar-refractivity contribution in [3.8, 4) is 0 Å². The van der Waals surface area contributed by atoms with Gasteiger partial charge in [-0.2, -0.15) is 8.42 Å². The summed E-state index contributed by atoms with van der Waals surface area (Å²) in [4.78, 5) is 21.4. The van der Waals surface area contributed by atoms with Gasteiger partial charge in [0.25, 0.3) is 10.1 Å². The summed E-state index contributed by atoms with van der Waals surface area (Å²) < 4.78 is 36.0. The molecule has 0 unspecified atom stereocenters. The second-order valence-corrected chi connectivity index (χ2v) is 4.54. The van der Waals surface area contributed by atoms with Crippen molar-refractivity contribution in [1.29, 1.82) is 0 Å². The first-order chi connectivity index (χ1) is 8.29. The zero-order chi connectivity index (χ0) is 13.9. The van der Waals surface area contributed by atoms with Crippen molar-refractivity contribution in [2.75, 3.05) is 6.61 Å². The van der Waals surface area contributed by atoms with Crippen molar-refractivity contribution in [1.82, 2.24) is 0 Å². The molecule has 1 aromatic rings. The molecule has 0 heterocycles. The number of hydrogen-bond donors (Lipinski definition) is 2. The first-order valence-corrected chi connectivity index (χ1v) is 6.24. The predicted molar refractivity (Wildman–Crippen MR) is 66.3 cm³/mol. The van der Waals surface area contributed by atoms with Crippen LogP contribution in [0.3, 0.4) is 0 Å². The first kappa shape index (κ1) is 17.7. The van der Waals surface area contributed by atoms with Gasteiger partial charge in [0.2, 0.25) is 0 Å². The third-order valence-electron chi connectivity index (χ3n) is 2.00. The van der Waals surface area contributed by atoms with Crippen LogP contribution in [0.2, 0.25) is 0 Å². The second-order valence-electron chi connectivity index (χ2n) is 3.18. The molecule has 1 rings (SSSR count). The molecule has 0 saturated heterocycles. The van der Waals surface area contributed by atoms with E-state index in [0.29, 0.717) is 0 Å². The monoisotopic (exact) mass is 282 g/mol. The normalized spacial score (nSPS) is 10.4. The topological polar surface area (TPSA) is 118 Å². The van der Waals surface area contributed by atoms with E-state index in [0.717, 1.165) is 12.1 Å². The van der Waals surface area contributed by atoms with Gasteiger partial charge in [-0.3, -0.25) is 4.55 Å². The Labute approximate surface area is 121 Å². The molecule has 0 aliphatic carbocycles. The van der Waals surface area contributed by atoms with Gasteiger partial charge in [-0.05, 0) is 19.1 Å². The minimum absolute atomic E-state index is 0. The van der Waals surface area contributed by atoms with Crippen LogP contribution in [-0.4, -0.2) is 55.5 Å². The van der Waals surface area contributed by atoms with E-state index in [2.05, 4.69) is 4.74 Å². The van der Waals surface area contributed by atoms with E-state index >= 15 is 0 Å². The van der Waals surface area contributed by atoms with Crippen molar-refractivity contribution >= 4 is 40.9 Å². The molecule has 0 aliphatic heterocycles. The van der Waals surface area contributed by atoms with Crippen molar-refractivity contribution in [3.05, 3.63) is 29.3 Å². The summed E-state index contributed by atoms with van der Waals surface area (Å²) in [6.45, 7) is 1.49. The number of esters is 1. The Hall–Kier alpha value is -1.33. The molecule has 0 atom stereocenters. The molecule has 2 N–H and O–H groups in total. The van der Waals surface area contributed by atoms with Gasteiger partial charge in [-0.1, -0.05) is 6.07 Å². The summed E-state index contributed by atoms with van der Waals surface area (Å²) in [7, 11) is -4.85. The maximum absolute atomic E-state index is 11.5. The molecule has 0 saturated carbocycles. The number of carboxylic acids is 1. The Balaban J connectivity index is 0.00000324.